The highest BCUT2D eigenvalue weighted by Crippen LogP contribution is 2.26. The number of thiophene rings is 1. The molecule has 30 heavy (non-hydrogen) atoms. The highest BCUT2D eigenvalue weighted by molar-refractivity contribution is 7.18. The third kappa shape index (κ3) is 4.32. The van der Waals surface area contributed by atoms with E-state index in [1.807, 2.05) is 13.8 Å². The van der Waals surface area contributed by atoms with E-state index in [1.54, 1.807) is 6.92 Å². The fourth-order valence-electron chi connectivity index (χ4n) is 3.98. The molecular formula is C23H28N4O2S. The third-order valence-corrected chi connectivity index (χ3v) is 7.00. The minimum Gasteiger partial charge on any atom is -0.350 e. The van der Waals surface area contributed by atoms with Gasteiger partial charge in [-0.2, -0.15) is 0 Å². The van der Waals surface area contributed by atoms with Gasteiger partial charge in [-0.15, -0.1) is 11.3 Å². The molecule has 0 unspecified atom stereocenters. The van der Waals surface area contributed by atoms with Crippen molar-refractivity contribution in [3.05, 3.63) is 62.0 Å². The molecule has 1 aliphatic rings. The van der Waals surface area contributed by atoms with Crippen LogP contribution >= 0.6 is 11.3 Å². The molecule has 0 spiro atoms. The Morgan fingerprint density at radius 2 is 1.77 bits per heavy atom. The molecule has 1 fully saturated rings. The van der Waals surface area contributed by atoms with Gasteiger partial charge in [-0.3, -0.25) is 19.1 Å². The molecule has 1 N–H and O–H groups in total. The number of amides is 1. The summed E-state index contributed by atoms with van der Waals surface area (Å²) in [5, 5.41) is 3.56. The highest BCUT2D eigenvalue weighted by Gasteiger charge is 2.16. The van der Waals surface area contributed by atoms with E-state index >= 15 is 0 Å². The van der Waals surface area contributed by atoms with Crippen molar-refractivity contribution in [3.8, 4) is 0 Å². The summed E-state index contributed by atoms with van der Waals surface area (Å²) in [7, 11) is 0. The van der Waals surface area contributed by atoms with E-state index < -0.39 is 0 Å². The lowest BCUT2D eigenvalue weighted by molar-refractivity contribution is -0.121. The Kier molecular flexibility index (Phi) is 6.01. The molecule has 1 aromatic carbocycles. The van der Waals surface area contributed by atoms with E-state index in [9.17, 15) is 9.59 Å². The van der Waals surface area contributed by atoms with Crippen molar-refractivity contribution in [1.82, 2.24) is 19.8 Å². The molecule has 1 aliphatic heterocycles. The Morgan fingerprint density at radius 3 is 2.47 bits per heavy atom. The molecule has 1 amide bonds. The average molecular weight is 425 g/mol. The second-order valence-electron chi connectivity index (χ2n) is 8.09. The van der Waals surface area contributed by atoms with Gasteiger partial charge in [-0.25, -0.2) is 4.98 Å². The number of nitrogens with zero attached hydrogens (tertiary/aromatic N) is 3. The molecule has 4 rings (SSSR count). The summed E-state index contributed by atoms with van der Waals surface area (Å²) < 4.78 is 1.47. The van der Waals surface area contributed by atoms with Gasteiger partial charge in [0.25, 0.3) is 5.56 Å². The van der Waals surface area contributed by atoms with Gasteiger partial charge in [-0.05, 0) is 63.4 Å². The molecule has 0 aliphatic carbocycles. The number of rotatable bonds is 6. The van der Waals surface area contributed by atoms with Crippen LogP contribution in [0.4, 0.5) is 0 Å². The molecule has 0 atom stereocenters. The van der Waals surface area contributed by atoms with Crippen molar-refractivity contribution in [2.75, 3.05) is 13.1 Å². The number of benzene rings is 1. The van der Waals surface area contributed by atoms with Gasteiger partial charge >= 0.3 is 0 Å². The van der Waals surface area contributed by atoms with Crippen LogP contribution in [0.15, 0.2) is 29.1 Å². The lowest BCUT2D eigenvalue weighted by Crippen LogP contribution is -2.33. The largest absolute Gasteiger partial charge is 0.350 e. The Labute approximate surface area is 180 Å². The first kappa shape index (κ1) is 20.8. The van der Waals surface area contributed by atoms with E-state index in [4.69, 9.17) is 0 Å². The Morgan fingerprint density at radius 1 is 1.10 bits per heavy atom. The number of likely N-dealkylation sites (tertiary alicyclic amines) is 1. The maximum atomic E-state index is 12.9. The highest BCUT2D eigenvalue weighted by atomic mass is 32.1. The number of carbonyl (C=O) groups is 1. The van der Waals surface area contributed by atoms with Gasteiger partial charge in [0.15, 0.2) is 0 Å². The van der Waals surface area contributed by atoms with Crippen LogP contribution in [-0.2, 0) is 24.4 Å². The molecule has 7 heteroatoms. The molecule has 0 saturated carbocycles. The summed E-state index contributed by atoms with van der Waals surface area (Å²) in [6.07, 6.45) is 2.58. The molecule has 0 radical (unpaired) electrons. The summed E-state index contributed by atoms with van der Waals surface area (Å²) in [4.78, 5) is 34.3. The van der Waals surface area contributed by atoms with E-state index in [-0.39, 0.29) is 18.0 Å². The van der Waals surface area contributed by atoms with Gasteiger partial charge in [0.2, 0.25) is 5.91 Å². The van der Waals surface area contributed by atoms with Gasteiger partial charge in [0.05, 0.1) is 5.39 Å². The zero-order valence-electron chi connectivity index (χ0n) is 17.8. The number of carbonyl (C=O) groups excluding carboxylic acids is 1. The molecule has 3 heterocycles. The van der Waals surface area contributed by atoms with Crippen molar-refractivity contribution in [2.45, 2.75) is 53.2 Å². The number of nitrogens with one attached hydrogen (secondary N) is 1. The number of hydrogen-bond donors (Lipinski definition) is 1. The quantitative estimate of drug-likeness (QED) is 0.659. The lowest BCUT2D eigenvalue weighted by Gasteiger charge is -2.15. The molecule has 6 nitrogen and oxygen atoms in total. The Hall–Kier alpha value is -2.51. The molecule has 2 aromatic heterocycles. The van der Waals surface area contributed by atoms with Crippen molar-refractivity contribution < 1.29 is 4.79 Å². The maximum absolute atomic E-state index is 12.9. The maximum Gasteiger partial charge on any atom is 0.263 e. The van der Waals surface area contributed by atoms with E-state index in [0.29, 0.717) is 17.8 Å². The van der Waals surface area contributed by atoms with E-state index in [0.717, 1.165) is 27.4 Å². The van der Waals surface area contributed by atoms with Crippen LogP contribution < -0.4 is 10.9 Å². The Bertz CT molecular complexity index is 1120. The molecule has 0 bridgehead atoms. The number of fused-ring (bicyclic) bond motifs is 1. The fourth-order valence-corrected chi connectivity index (χ4v) is 5.04. The standard InChI is InChI=1S/C23H28N4O2S/c1-15-16(2)30-22-21(15)23(29)27(17(3)25-22)14-20(28)24-12-18-6-8-19(9-7-18)13-26-10-4-5-11-26/h6-9H,4-5,10-14H2,1-3H3,(H,24,28). The fraction of sp³-hybridized carbons (Fsp3) is 0.435. The second-order valence-corrected chi connectivity index (χ2v) is 9.29. The monoisotopic (exact) mass is 424 g/mol. The van der Waals surface area contributed by atoms with Crippen LogP contribution in [-0.4, -0.2) is 33.4 Å². The zero-order valence-corrected chi connectivity index (χ0v) is 18.6. The normalized spacial score (nSPS) is 14.5. The topological polar surface area (TPSA) is 67.2 Å². The molecular weight excluding hydrogens is 396 g/mol. The smallest absolute Gasteiger partial charge is 0.263 e. The average Bonchev–Trinajstić information content (AvgIpc) is 3.32. The van der Waals surface area contributed by atoms with Crippen molar-refractivity contribution in [3.63, 3.8) is 0 Å². The minimum absolute atomic E-state index is 0.0189. The zero-order chi connectivity index (χ0) is 21.3. The first-order valence-electron chi connectivity index (χ1n) is 10.5. The van der Waals surface area contributed by atoms with Gasteiger partial charge in [0.1, 0.15) is 17.2 Å². The van der Waals surface area contributed by atoms with Crippen LogP contribution in [0.5, 0.6) is 0 Å². The van der Waals surface area contributed by atoms with Crippen molar-refractivity contribution in [1.29, 1.82) is 0 Å². The second kappa shape index (κ2) is 8.70. The summed E-state index contributed by atoms with van der Waals surface area (Å²) >= 11 is 1.53. The van der Waals surface area contributed by atoms with Gasteiger partial charge in [0, 0.05) is 18.0 Å². The van der Waals surface area contributed by atoms with E-state index in [1.165, 1.54) is 47.4 Å². The summed E-state index contributed by atoms with van der Waals surface area (Å²) in [6.45, 7) is 9.49. The van der Waals surface area contributed by atoms with Crippen molar-refractivity contribution >= 4 is 27.5 Å². The van der Waals surface area contributed by atoms with Crippen LogP contribution in [0.1, 0.15) is 40.2 Å². The number of aromatic nitrogens is 2. The molecule has 3 aromatic rings. The van der Waals surface area contributed by atoms with Gasteiger partial charge < -0.3 is 5.32 Å². The minimum atomic E-state index is -0.188. The molecule has 1 saturated heterocycles. The summed E-state index contributed by atoms with van der Waals surface area (Å²) in [5.41, 5.74) is 3.17. The van der Waals surface area contributed by atoms with E-state index in [2.05, 4.69) is 39.5 Å². The van der Waals surface area contributed by atoms with Crippen molar-refractivity contribution in [2.24, 2.45) is 0 Å². The molecule has 158 valence electrons. The van der Waals surface area contributed by atoms with Crippen LogP contribution in [0.3, 0.4) is 0 Å². The first-order valence-corrected chi connectivity index (χ1v) is 11.3. The SMILES string of the molecule is Cc1sc2nc(C)n(CC(=O)NCc3ccc(CN4CCCC4)cc3)c(=O)c2c1C. The summed E-state index contributed by atoms with van der Waals surface area (Å²) in [5.74, 6) is 0.377. The number of aryl methyl sites for hydroxylation is 3. The van der Waals surface area contributed by atoms with Crippen LogP contribution in [0.25, 0.3) is 10.2 Å². The summed E-state index contributed by atoms with van der Waals surface area (Å²) in [6, 6.07) is 8.39. The lowest BCUT2D eigenvalue weighted by atomic mass is 10.1. The van der Waals surface area contributed by atoms with Gasteiger partial charge in [-0.1, -0.05) is 24.3 Å². The predicted molar refractivity (Wildman–Crippen MR) is 121 cm³/mol. The number of hydrogen-bond acceptors (Lipinski definition) is 5. The van der Waals surface area contributed by atoms with Crippen LogP contribution in [0.2, 0.25) is 0 Å². The predicted octanol–water partition coefficient (Wildman–Crippen LogP) is 3.30. The van der Waals surface area contributed by atoms with Crippen LogP contribution in [0, 0.1) is 20.8 Å². The Balaban J connectivity index is 1.39. The first-order chi connectivity index (χ1) is 14.4. The third-order valence-electron chi connectivity index (χ3n) is 5.90.